The van der Waals surface area contributed by atoms with Crippen molar-refractivity contribution in [3.05, 3.63) is 36.0 Å². The largest absolute Gasteiger partial charge is 0.359 e. The van der Waals surface area contributed by atoms with Crippen LogP contribution in [-0.2, 0) is 4.79 Å². The molecular formula is C17H22N4O2. The zero-order valence-electron chi connectivity index (χ0n) is 13.9. The molecule has 6 heteroatoms. The van der Waals surface area contributed by atoms with Gasteiger partial charge in [0.1, 0.15) is 0 Å². The van der Waals surface area contributed by atoms with E-state index in [-0.39, 0.29) is 24.4 Å². The number of benzene rings is 1. The van der Waals surface area contributed by atoms with Crippen LogP contribution in [0.2, 0.25) is 0 Å². The third-order valence-corrected chi connectivity index (χ3v) is 3.84. The van der Waals surface area contributed by atoms with E-state index in [0.29, 0.717) is 5.69 Å². The van der Waals surface area contributed by atoms with Gasteiger partial charge in [-0.1, -0.05) is 18.2 Å². The van der Waals surface area contributed by atoms with E-state index >= 15 is 0 Å². The van der Waals surface area contributed by atoms with Crippen molar-refractivity contribution in [2.75, 3.05) is 19.4 Å². The topological polar surface area (TPSA) is 74.3 Å². The molecule has 0 aliphatic carbocycles. The van der Waals surface area contributed by atoms with Gasteiger partial charge in [-0.3, -0.25) is 9.78 Å². The maximum absolute atomic E-state index is 12.4. The highest BCUT2D eigenvalue weighted by atomic mass is 16.2. The van der Waals surface area contributed by atoms with Gasteiger partial charge in [-0.2, -0.15) is 0 Å². The number of hydrogen-bond donors (Lipinski definition) is 2. The number of para-hydroxylation sites is 1. The normalized spacial score (nSPS) is 11.8. The van der Waals surface area contributed by atoms with E-state index in [0.717, 1.165) is 16.6 Å². The minimum atomic E-state index is -0.266. The van der Waals surface area contributed by atoms with Gasteiger partial charge in [-0.05, 0) is 26.0 Å². The molecule has 2 rings (SSSR count). The molecule has 2 aromatic rings. The summed E-state index contributed by atoms with van der Waals surface area (Å²) in [5.41, 5.74) is 2.31. The molecular weight excluding hydrogens is 292 g/mol. The lowest BCUT2D eigenvalue weighted by molar-refractivity contribution is -0.121. The number of anilines is 1. The molecule has 1 aromatic carbocycles. The summed E-state index contributed by atoms with van der Waals surface area (Å²) in [4.78, 5) is 29.9. The van der Waals surface area contributed by atoms with Crippen LogP contribution in [-0.4, -0.2) is 42.0 Å². The SMILES string of the molecule is CNC(=O)CC(C)N(C)C(=O)Nc1cccc2ccc(C)nc12. The maximum atomic E-state index is 12.4. The molecule has 0 radical (unpaired) electrons. The van der Waals surface area contributed by atoms with Crippen LogP contribution in [0.25, 0.3) is 10.9 Å². The second-order valence-electron chi connectivity index (χ2n) is 5.60. The van der Waals surface area contributed by atoms with Crippen LogP contribution in [0.15, 0.2) is 30.3 Å². The van der Waals surface area contributed by atoms with Crippen LogP contribution >= 0.6 is 0 Å². The summed E-state index contributed by atoms with van der Waals surface area (Å²) in [6.45, 7) is 3.75. The Hall–Kier alpha value is -2.63. The minimum Gasteiger partial charge on any atom is -0.359 e. The number of aromatic nitrogens is 1. The molecule has 0 aliphatic heterocycles. The third kappa shape index (κ3) is 3.97. The Morgan fingerprint density at radius 1 is 1.26 bits per heavy atom. The van der Waals surface area contributed by atoms with E-state index in [4.69, 9.17) is 0 Å². The monoisotopic (exact) mass is 314 g/mol. The number of carbonyl (C=O) groups is 2. The van der Waals surface area contributed by atoms with Gasteiger partial charge in [0.2, 0.25) is 5.91 Å². The molecule has 3 amide bonds. The molecule has 122 valence electrons. The maximum Gasteiger partial charge on any atom is 0.321 e. The van der Waals surface area contributed by atoms with Gasteiger partial charge in [0, 0.05) is 37.6 Å². The van der Waals surface area contributed by atoms with E-state index in [1.165, 1.54) is 4.90 Å². The van der Waals surface area contributed by atoms with Gasteiger partial charge in [0.15, 0.2) is 0 Å². The van der Waals surface area contributed by atoms with Crippen LogP contribution in [0.4, 0.5) is 10.5 Å². The zero-order chi connectivity index (χ0) is 17.0. The molecule has 1 atom stereocenters. The van der Waals surface area contributed by atoms with Crippen LogP contribution in [0, 0.1) is 6.92 Å². The first kappa shape index (κ1) is 16.7. The zero-order valence-corrected chi connectivity index (χ0v) is 13.9. The van der Waals surface area contributed by atoms with E-state index in [1.807, 2.05) is 44.2 Å². The van der Waals surface area contributed by atoms with Crippen molar-refractivity contribution in [1.82, 2.24) is 15.2 Å². The molecule has 1 heterocycles. The molecule has 6 nitrogen and oxygen atoms in total. The summed E-state index contributed by atoms with van der Waals surface area (Å²) in [7, 11) is 3.26. The number of hydrogen-bond acceptors (Lipinski definition) is 3. The quantitative estimate of drug-likeness (QED) is 0.910. The Kier molecular flexibility index (Phi) is 5.16. The number of amides is 3. The number of carbonyl (C=O) groups excluding carboxylic acids is 2. The highest BCUT2D eigenvalue weighted by molar-refractivity contribution is 5.99. The third-order valence-electron chi connectivity index (χ3n) is 3.84. The number of pyridine rings is 1. The lowest BCUT2D eigenvalue weighted by atomic mass is 10.1. The number of fused-ring (bicyclic) bond motifs is 1. The van der Waals surface area contributed by atoms with E-state index in [2.05, 4.69) is 15.6 Å². The summed E-state index contributed by atoms with van der Waals surface area (Å²) in [6, 6.07) is 9.09. The molecule has 0 spiro atoms. The van der Waals surface area contributed by atoms with Crippen LogP contribution in [0.3, 0.4) is 0 Å². The lowest BCUT2D eigenvalue weighted by Gasteiger charge is -2.24. The van der Waals surface area contributed by atoms with E-state index in [9.17, 15) is 9.59 Å². The summed E-state index contributed by atoms with van der Waals surface area (Å²) in [5, 5.41) is 6.41. The average Bonchev–Trinajstić information content (AvgIpc) is 2.54. The summed E-state index contributed by atoms with van der Waals surface area (Å²) in [6.07, 6.45) is 0.257. The number of nitrogens with zero attached hydrogens (tertiary/aromatic N) is 2. The molecule has 2 N–H and O–H groups in total. The van der Waals surface area contributed by atoms with Gasteiger partial charge < -0.3 is 15.5 Å². The smallest absolute Gasteiger partial charge is 0.321 e. The first-order chi connectivity index (χ1) is 10.9. The van der Waals surface area contributed by atoms with Crippen molar-refractivity contribution in [3.8, 4) is 0 Å². The highest BCUT2D eigenvalue weighted by Gasteiger charge is 2.19. The summed E-state index contributed by atoms with van der Waals surface area (Å²) < 4.78 is 0. The second kappa shape index (κ2) is 7.09. The number of aryl methyl sites for hydroxylation is 1. The molecule has 0 aliphatic rings. The Labute approximate surface area is 135 Å². The molecule has 0 bridgehead atoms. The van der Waals surface area contributed by atoms with Gasteiger partial charge >= 0.3 is 6.03 Å². The molecule has 1 unspecified atom stereocenters. The lowest BCUT2D eigenvalue weighted by Crippen LogP contribution is -2.40. The van der Waals surface area contributed by atoms with E-state index in [1.54, 1.807) is 14.1 Å². The Balaban J connectivity index is 2.17. The number of rotatable bonds is 4. The fourth-order valence-electron chi connectivity index (χ4n) is 2.26. The van der Waals surface area contributed by atoms with Crippen molar-refractivity contribution in [1.29, 1.82) is 0 Å². The van der Waals surface area contributed by atoms with Crippen LogP contribution in [0.5, 0.6) is 0 Å². The van der Waals surface area contributed by atoms with Crippen molar-refractivity contribution < 1.29 is 9.59 Å². The summed E-state index contributed by atoms with van der Waals surface area (Å²) >= 11 is 0. The van der Waals surface area contributed by atoms with Crippen molar-refractivity contribution in [2.24, 2.45) is 0 Å². The Morgan fingerprint density at radius 3 is 2.70 bits per heavy atom. The number of nitrogens with one attached hydrogen (secondary N) is 2. The van der Waals surface area contributed by atoms with Gasteiger partial charge in [0.05, 0.1) is 11.2 Å². The van der Waals surface area contributed by atoms with Crippen molar-refractivity contribution in [3.63, 3.8) is 0 Å². The van der Waals surface area contributed by atoms with Gasteiger partial charge in [0.25, 0.3) is 0 Å². The van der Waals surface area contributed by atoms with Gasteiger partial charge in [-0.15, -0.1) is 0 Å². The van der Waals surface area contributed by atoms with Crippen LogP contribution < -0.4 is 10.6 Å². The molecule has 0 saturated heterocycles. The van der Waals surface area contributed by atoms with Gasteiger partial charge in [-0.25, -0.2) is 4.79 Å². The predicted molar refractivity (Wildman–Crippen MR) is 91.4 cm³/mol. The first-order valence-corrected chi connectivity index (χ1v) is 7.53. The molecule has 23 heavy (non-hydrogen) atoms. The van der Waals surface area contributed by atoms with E-state index < -0.39 is 0 Å². The fraction of sp³-hybridized carbons (Fsp3) is 0.353. The summed E-state index contributed by atoms with van der Waals surface area (Å²) in [5.74, 6) is -0.0976. The first-order valence-electron chi connectivity index (χ1n) is 7.53. The Bertz CT molecular complexity index is 730. The molecule has 0 saturated carbocycles. The standard InChI is InChI=1S/C17H22N4O2/c1-11-8-9-13-6-5-7-14(16(13)19-11)20-17(23)21(4)12(2)10-15(22)18-3/h5-9,12H,10H2,1-4H3,(H,18,22)(H,20,23). The van der Waals surface area contributed by atoms with Crippen LogP contribution in [0.1, 0.15) is 19.0 Å². The van der Waals surface area contributed by atoms with Crippen molar-refractivity contribution >= 4 is 28.5 Å². The average molecular weight is 314 g/mol. The molecule has 1 aromatic heterocycles. The Morgan fingerprint density at radius 2 is 2.00 bits per heavy atom. The minimum absolute atomic E-state index is 0.0976. The number of urea groups is 1. The predicted octanol–water partition coefficient (Wildman–Crippen LogP) is 2.53. The molecule has 0 fully saturated rings. The fourth-order valence-corrected chi connectivity index (χ4v) is 2.26. The van der Waals surface area contributed by atoms with Crippen molar-refractivity contribution in [2.45, 2.75) is 26.3 Å². The highest BCUT2D eigenvalue weighted by Crippen LogP contribution is 2.22. The second-order valence-corrected chi connectivity index (χ2v) is 5.60.